The lowest BCUT2D eigenvalue weighted by molar-refractivity contribution is -0.116. The van der Waals surface area contributed by atoms with Gasteiger partial charge in [-0.1, -0.05) is 0 Å². The van der Waals surface area contributed by atoms with Crippen molar-refractivity contribution < 1.29 is 4.79 Å². The summed E-state index contributed by atoms with van der Waals surface area (Å²) in [7, 11) is 0. The van der Waals surface area contributed by atoms with Gasteiger partial charge in [-0.3, -0.25) is 4.79 Å². The molecule has 1 aliphatic heterocycles. The largest absolute Gasteiger partial charge is 0.399 e. The minimum Gasteiger partial charge on any atom is -0.399 e. The van der Waals surface area contributed by atoms with E-state index in [0.29, 0.717) is 6.54 Å². The van der Waals surface area contributed by atoms with Gasteiger partial charge in [-0.15, -0.1) is 11.6 Å². The van der Waals surface area contributed by atoms with Gasteiger partial charge in [0.2, 0.25) is 5.91 Å². The minimum atomic E-state index is -0.0386. The quantitative estimate of drug-likeness (QED) is 0.583. The highest BCUT2D eigenvalue weighted by Gasteiger charge is 2.25. The maximum Gasteiger partial charge on any atom is 0.241 e. The van der Waals surface area contributed by atoms with Crippen LogP contribution in [-0.2, 0) is 11.2 Å². The van der Waals surface area contributed by atoms with Gasteiger partial charge in [0.25, 0.3) is 0 Å². The van der Waals surface area contributed by atoms with E-state index in [-0.39, 0.29) is 11.8 Å². The van der Waals surface area contributed by atoms with Crippen LogP contribution >= 0.6 is 11.6 Å². The van der Waals surface area contributed by atoms with Gasteiger partial charge < -0.3 is 10.6 Å². The highest BCUT2D eigenvalue weighted by atomic mass is 35.5. The van der Waals surface area contributed by atoms with Gasteiger partial charge in [-0.05, 0) is 36.6 Å². The number of hydrogen-bond acceptors (Lipinski definition) is 2. The molecule has 0 fully saturated rings. The van der Waals surface area contributed by atoms with Crippen LogP contribution in [0.3, 0.4) is 0 Å². The summed E-state index contributed by atoms with van der Waals surface area (Å²) in [5.41, 5.74) is 9.69. The average molecular weight is 225 g/mol. The van der Waals surface area contributed by atoms with Crippen molar-refractivity contribution in [1.29, 1.82) is 0 Å². The number of halogens is 1. The summed E-state index contributed by atoms with van der Waals surface area (Å²) in [6, 6.07) is 3.82. The van der Waals surface area contributed by atoms with Crippen LogP contribution in [0.15, 0.2) is 12.1 Å². The molecule has 0 radical (unpaired) electrons. The van der Waals surface area contributed by atoms with Crippen LogP contribution in [0.1, 0.15) is 11.1 Å². The summed E-state index contributed by atoms with van der Waals surface area (Å²) in [6.07, 6.45) is 0.865. The van der Waals surface area contributed by atoms with Crippen LogP contribution in [0.2, 0.25) is 0 Å². The van der Waals surface area contributed by atoms with Crippen LogP contribution in [0.25, 0.3) is 0 Å². The number of anilines is 2. The molecular formula is C11H13ClN2O. The maximum atomic E-state index is 11.6. The number of fused-ring (bicyclic) bond motifs is 1. The zero-order chi connectivity index (χ0) is 11.0. The number of carbonyl (C=O) groups is 1. The lowest BCUT2D eigenvalue weighted by atomic mass is 10.1. The number of rotatable bonds is 1. The van der Waals surface area contributed by atoms with Gasteiger partial charge in [0.1, 0.15) is 5.88 Å². The summed E-state index contributed by atoms with van der Waals surface area (Å²) in [5, 5.41) is 0. The molecule has 4 heteroatoms. The van der Waals surface area contributed by atoms with E-state index in [1.807, 2.05) is 19.1 Å². The normalized spacial score (nSPS) is 14.1. The molecule has 0 saturated carbocycles. The summed E-state index contributed by atoms with van der Waals surface area (Å²) in [5.74, 6) is -0.00761. The molecule has 3 nitrogen and oxygen atoms in total. The van der Waals surface area contributed by atoms with E-state index in [2.05, 4.69) is 0 Å². The third-order valence-corrected chi connectivity index (χ3v) is 2.92. The lowest BCUT2D eigenvalue weighted by Crippen LogP contribution is -2.30. The van der Waals surface area contributed by atoms with Gasteiger partial charge in [0.15, 0.2) is 0 Å². The Balaban J connectivity index is 2.46. The molecule has 0 atom stereocenters. The second-order valence-corrected chi connectivity index (χ2v) is 4.04. The molecule has 1 aliphatic rings. The highest BCUT2D eigenvalue weighted by molar-refractivity contribution is 6.29. The average Bonchev–Trinajstić information content (AvgIpc) is 2.60. The number of alkyl halides is 1. The zero-order valence-corrected chi connectivity index (χ0v) is 9.34. The summed E-state index contributed by atoms with van der Waals surface area (Å²) in [4.78, 5) is 13.3. The number of nitrogen functional groups attached to an aromatic ring is 1. The predicted octanol–water partition coefficient (Wildman–Crippen LogP) is 1.71. The Morgan fingerprint density at radius 2 is 2.33 bits per heavy atom. The molecule has 2 rings (SSSR count). The Kier molecular flexibility index (Phi) is 2.57. The fourth-order valence-electron chi connectivity index (χ4n) is 2.13. The van der Waals surface area contributed by atoms with E-state index in [1.165, 1.54) is 0 Å². The summed E-state index contributed by atoms with van der Waals surface area (Å²) in [6.45, 7) is 2.68. The van der Waals surface area contributed by atoms with Gasteiger partial charge in [-0.2, -0.15) is 0 Å². The standard InChI is InChI=1S/C11H13ClN2O/c1-7-4-9(13)5-8-2-3-14(11(7)8)10(15)6-12/h4-5H,2-3,6,13H2,1H3. The van der Waals surface area contributed by atoms with Crippen molar-refractivity contribution in [3.63, 3.8) is 0 Å². The summed E-state index contributed by atoms with van der Waals surface area (Å²) < 4.78 is 0. The van der Waals surface area contributed by atoms with E-state index >= 15 is 0 Å². The van der Waals surface area contributed by atoms with Crippen molar-refractivity contribution in [2.45, 2.75) is 13.3 Å². The molecule has 0 unspecified atom stereocenters. The van der Waals surface area contributed by atoms with Crippen LogP contribution in [0.5, 0.6) is 0 Å². The second kappa shape index (κ2) is 3.74. The molecule has 0 saturated heterocycles. The Morgan fingerprint density at radius 1 is 1.60 bits per heavy atom. The first-order valence-corrected chi connectivity index (χ1v) is 5.42. The zero-order valence-electron chi connectivity index (χ0n) is 8.59. The van der Waals surface area contributed by atoms with Crippen LogP contribution in [-0.4, -0.2) is 18.3 Å². The number of nitrogens with zero attached hydrogens (tertiary/aromatic N) is 1. The third kappa shape index (κ3) is 1.67. The monoisotopic (exact) mass is 224 g/mol. The SMILES string of the molecule is Cc1cc(N)cc2c1N(C(=O)CCl)CC2. The van der Waals surface area contributed by atoms with E-state index < -0.39 is 0 Å². The van der Waals surface area contributed by atoms with Gasteiger partial charge in [0.05, 0.1) is 0 Å². The second-order valence-electron chi connectivity index (χ2n) is 3.77. The molecule has 0 aliphatic carbocycles. The molecule has 1 heterocycles. The topological polar surface area (TPSA) is 46.3 Å². The number of nitrogens with two attached hydrogens (primary N) is 1. The van der Waals surface area contributed by atoms with Crippen LogP contribution in [0.4, 0.5) is 11.4 Å². The van der Waals surface area contributed by atoms with E-state index in [4.69, 9.17) is 17.3 Å². The van der Waals surface area contributed by atoms with E-state index in [1.54, 1.807) is 4.90 Å². The number of aryl methyl sites for hydroxylation is 1. The molecule has 80 valence electrons. The first-order chi connectivity index (χ1) is 7.13. The Labute approximate surface area is 93.8 Å². The first kappa shape index (κ1) is 10.3. The molecular weight excluding hydrogens is 212 g/mol. The predicted molar refractivity (Wildman–Crippen MR) is 62.4 cm³/mol. The first-order valence-electron chi connectivity index (χ1n) is 4.89. The van der Waals surface area contributed by atoms with Crippen molar-refractivity contribution >= 4 is 28.9 Å². The molecule has 2 N–H and O–H groups in total. The van der Waals surface area contributed by atoms with Crippen molar-refractivity contribution in [1.82, 2.24) is 0 Å². The fourth-order valence-corrected chi connectivity index (χ4v) is 2.27. The van der Waals surface area contributed by atoms with Gasteiger partial charge in [-0.25, -0.2) is 0 Å². The molecule has 1 aromatic carbocycles. The third-order valence-electron chi connectivity index (χ3n) is 2.69. The van der Waals surface area contributed by atoms with Crippen LogP contribution < -0.4 is 10.6 Å². The summed E-state index contributed by atoms with van der Waals surface area (Å²) >= 11 is 5.57. The van der Waals surface area contributed by atoms with Crippen molar-refractivity contribution in [2.75, 3.05) is 23.1 Å². The number of carbonyl (C=O) groups excluding carboxylic acids is 1. The number of amides is 1. The van der Waals surface area contributed by atoms with Crippen molar-refractivity contribution in [3.05, 3.63) is 23.3 Å². The van der Waals surface area contributed by atoms with E-state index in [9.17, 15) is 4.79 Å². The van der Waals surface area contributed by atoms with E-state index in [0.717, 1.165) is 28.9 Å². The minimum absolute atomic E-state index is 0.0310. The molecule has 0 aromatic heterocycles. The lowest BCUT2D eigenvalue weighted by Gasteiger charge is -2.18. The van der Waals surface area contributed by atoms with Crippen molar-refractivity contribution in [3.8, 4) is 0 Å². The number of hydrogen-bond donors (Lipinski definition) is 1. The van der Waals surface area contributed by atoms with Gasteiger partial charge in [0, 0.05) is 17.9 Å². The Morgan fingerprint density at radius 3 is 3.00 bits per heavy atom. The van der Waals surface area contributed by atoms with Crippen LogP contribution in [0, 0.1) is 6.92 Å². The molecule has 1 aromatic rings. The molecule has 0 bridgehead atoms. The highest BCUT2D eigenvalue weighted by Crippen LogP contribution is 2.33. The molecule has 1 amide bonds. The maximum absolute atomic E-state index is 11.6. The number of benzene rings is 1. The Bertz CT molecular complexity index is 417. The fraction of sp³-hybridized carbons (Fsp3) is 0.364. The van der Waals surface area contributed by atoms with Crippen molar-refractivity contribution in [2.24, 2.45) is 0 Å². The molecule has 15 heavy (non-hydrogen) atoms. The Hall–Kier alpha value is -1.22. The van der Waals surface area contributed by atoms with Gasteiger partial charge >= 0.3 is 0 Å². The molecule has 0 spiro atoms. The smallest absolute Gasteiger partial charge is 0.241 e.